The first kappa shape index (κ1) is 15.5. The number of anilines is 3. The molecule has 122 valence electrons. The van der Waals surface area contributed by atoms with Crippen LogP contribution in [-0.2, 0) is 0 Å². The Balaban J connectivity index is 1.84. The minimum atomic E-state index is -0.335. The lowest BCUT2D eigenvalue weighted by molar-refractivity contribution is 0.0948. The number of aryl methyl sites for hydroxylation is 1. The fourth-order valence-electron chi connectivity index (χ4n) is 2.17. The summed E-state index contributed by atoms with van der Waals surface area (Å²) >= 11 is 0. The average molecular weight is 323 g/mol. The lowest BCUT2D eigenvalue weighted by Gasteiger charge is -2.04. The van der Waals surface area contributed by atoms with Crippen molar-refractivity contribution >= 4 is 23.5 Å². The summed E-state index contributed by atoms with van der Waals surface area (Å²) < 4.78 is 6.24. The van der Waals surface area contributed by atoms with Crippen molar-refractivity contribution in [3.63, 3.8) is 0 Å². The maximum Gasteiger partial charge on any atom is 0.281 e. The Kier molecular flexibility index (Phi) is 4.15. The molecule has 0 saturated carbocycles. The quantitative estimate of drug-likeness (QED) is 0.766. The van der Waals surface area contributed by atoms with E-state index in [0.29, 0.717) is 11.3 Å². The molecule has 1 aromatic heterocycles. The summed E-state index contributed by atoms with van der Waals surface area (Å²) in [5.41, 5.74) is 8.11. The van der Waals surface area contributed by atoms with E-state index in [2.05, 4.69) is 15.4 Å². The third-order valence-corrected chi connectivity index (χ3v) is 3.45. The van der Waals surface area contributed by atoms with Crippen LogP contribution in [0.15, 0.2) is 48.5 Å². The summed E-state index contributed by atoms with van der Waals surface area (Å²) in [5.74, 6) is 0.619. The number of nitrogen functional groups attached to an aromatic ring is 1. The Morgan fingerprint density at radius 2 is 1.96 bits per heavy atom. The van der Waals surface area contributed by atoms with Gasteiger partial charge in [0.15, 0.2) is 0 Å². The highest BCUT2D eigenvalue weighted by Crippen LogP contribution is 2.20. The summed E-state index contributed by atoms with van der Waals surface area (Å²) in [5, 5.41) is 7.14. The van der Waals surface area contributed by atoms with Crippen LogP contribution in [0.4, 0.5) is 17.6 Å². The molecule has 0 aliphatic carbocycles. The maximum absolute atomic E-state index is 12.5. The minimum Gasteiger partial charge on any atom is -0.497 e. The van der Waals surface area contributed by atoms with Gasteiger partial charge in [0.1, 0.15) is 5.75 Å². The predicted molar refractivity (Wildman–Crippen MR) is 91.6 cm³/mol. The number of carbonyl (C=O) groups excluding carboxylic acids is 1. The molecule has 0 spiro atoms. The highest BCUT2D eigenvalue weighted by molar-refractivity contribution is 5.96. The molecule has 0 aliphatic heterocycles. The molecule has 3 rings (SSSR count). The number of methoxy groups -OCH3 is 1. The minimum absolute atomic E-state index is 0.0194. The highest BCUT2D eigenvalue weighted by Gasteiger charge is 2.16. The first-order valence-electron chi connectivity index (χ1n) is 7.32. The maximum atomic E-state index is 12.5. The largest absolute Gasteiger partial charge is 0.497 e. The molecule has 0 bridgehead atoms. The SMILES string of the molecule is COc1cccc(Nc2nc(N)n(C(=O)c3ccc(C)cc3)n2)c1. The second kappa shape index (κ2) is 6.41. The number of carbonyl (C=O) groups is 1. The second-order valence-corrected chi connectivity index (χ2v) is 5.23. The van der Waals surface area contributed by atoms with Crippen molar-refractivity contribution in [2.24, 2.45) is 0 Å². The van der Waals surface area contributed by atoms with E-state index in [0.717, 1.165) is 15.9 Å². The molecule has 3 N–H and O–H groups in total. The lowest BCUT2D eigenvalue weighted by Crippen LogP contribution is -2.16. The van der Waals surface area contributed by atoms with Crippen LogP contribution in [0.1, 0.15) is 15.9 Å². The number of nitrogens with two attached hydrogens (primary N) is 1. The first-order valence-corrected chi connectivity index (χ1v) is 7.32. The van der Waals surface area contributed by atoms with Gasteiger partial charge in [-0.2, -0.15) is 9.67 Å². The molecule has 2 aromatic carbocycles. The van der Waals surface area contributed by atoms with E-state index in [1.807, 2.05) is 37.3 Å². The summed E-state index contributed by atoms with van der Waals surface area (Å²) in [6, 6.07) is 14.5. The van der Waals surface area contributed by atoms with E-state index in [1.165, 1.54) is 0 Å². The average Bonchev–Trinajstić information content (AvgIpc) is 2.95. The summed E-state index contributed by atoms with van der Waals surface area (Å²) in [6.07, 6.45) is 0. The van der Waals surface area contributed by atoms with Crippen molar-refractivity contribution < 1.29 is 9.53 Å². The van der Waals surface area contributed by atoms with Gasteiger partial charge >= 0.3 is 0 Å². The predicted octanol–water partition coefficient (Wildman–Crippen LogP) is 2.61. The second-order valence-electron chi connectivity index (χ2n) is 5.23. The van der Waals surface area contributed by atoms with Crippen molar-refractivity contribution in [2.45, 2.75) is 6.92 Å². The van der Waals surface area contributed by atoms with Crippen LogP contribution in [0.5, 0.6) is 5.75 Å². The van der Waals surface area contributed by atoms with E-state index < -0.39 is 0 Å². The van der Waals surface area contributed by atoms with E-state index in [9.17, 15) is 4.79 Å². The molecule has 1 heterocycles. The van der Waals surface area contributed by atoms with Crippen molar-refractivity contribution in [3.05, 3.63) is 59.7 Å². The molecular weight excluding hydrogens is 306 g/mol. The van der Waals surface area contributed by atoms with Crippen LogP contribution in [0.25, 0.3) is 0 Å². The van der Waals surface area contributed by atoms with Crippen molar-refractivity contribution in [2.75, 3.05) is 18.2 Å². The molecule has 7 nitrogen and oxygen atoms in total. The summed E-state index contributed by atoms with van der Waals surface area (Å²) in [6.45, 7) is 1.95. The topological polar surface area (TPSA) is 95.1 Å². The van der Waals surface area contributed by atoms with E-state index in [4.69, 9.17) is 10.5 Å². The van der Waals surface area contributed by atoms with Gasteiger partial charge in [0, 0.05) is 17.3 Å². The molecular formula is C17H17N5O2. The standard InChI is InChI=1S/C17H17N5O2/c1-11-6-8-12(9-7-11)15(23)22-16(18)20-17(21-22)19-13-4-3-5-14(10-13)24-2/h3-10H,1-2H3,(H3,18,19,20,21). The van der Waals surface area contributed by atoms with E-state index >= 15 is 0 Å². The zero-order valence-electron chi connectivity index (χ0n) is 13.4. The van der Waals surface area contributed by atoms with Crippen LogP contribution in [-0.4, -0.2) is 27.8 Å². The molecule has 0 amide bonds. The molecule has 0 unspecified atom stereocenters. The van der Waals surface area contributed by atoms with Gasteiger partial charge in [-0.15, -0.1) is 5.10 Å². The normalized spacial score (nSPS) is 10.4. The Morgan fingerprint density at radius 3 is 2.67 bits per heavy atom. The number of nitrogens with zero attached hydrogens (tertiary/aromatic N) is 3. The van der Waals surface area contributed by atoms with Gasteiger partial charge in [0.25, 0.3) is 5.91 Å². The number of hydrogen-bond donors (Lipinski definition) is 2. The molecule has 7 heteroatoms. The zero-order valence-corrected chi connectivity index (χ0v) is 13.4. The van der Waals surface area contributed by atoms with E-state index in [-0.39, 0.29) is 17.8 Å². The monoisotopic (exact) mass is 323 g/mol. The van der Waals surface area contributed by atoms with Gasteiger partial charge in [0.05, 0.1) is 7.11 Å². The lowest BCUT2D eigenvalue weighted by atomic mass is 10.1. The summed E-state index contributed by atoms with van der Waals surface area (Å²) in [4.78, 5) is 16.6. The Morgan fingerprint density at radius 1 is 1.21 bits per heavy atom. The smallest absolute Gasteiger partial charge is 0.281 e. The fraction of sp³-hybridized carbons (Fsp3) is 0.118. The van der Waals surface area contributed by atoms with E-state index in [1.54, 1.807) is 25.3 Å². The summed E-state index contributed by atoms with van der Waals surface area (Å²) in [7, 11) is 1.59. The number of aromatic nitrogens is 3. The van der Waals surface area contributed by atoms with Gasteiger partial charge < -0.3 is 15.8 Å². The number of rotatable bonds is 4. The first-order chi connectivity index (χ1) is 11.6. The molecule has 3 aromatic rings. The number of ether oxygens (including phenoxy) is 1. The Hall–Kier alpha value is -3.35. The van der Waals surface area contributed by atoms with Gasteiger partial charge in [-0.3, -0.25) is 4.79 Å². The molecule has 0 radical (unpaired) electrons. The molecule has 0 aliphatic rings. The molecule has 24 heavy (non-hydrogen) atoms. The number of nitrogens with one attached hydrogen (secondary N) is 1. The molecule has 0 atom stereocenters. The van der Waals surface area contributed by atoms with Crippen molar-refractivity contribution in [3.8, 4) is 5.75 Å². The zero-order chi connectivity index (χ0) is 17.1. The van der Waals surface area contributed by atoms with Gasteiger partial charge in [-0.05, 0) is 31.2 Å². The number of hydrogen-bond acceptors (Lipinski definition) is 6. The molecule has 0 saturated heterocycles. The van der Waals surface area contributed by atoms with Crippen molar-refractivity contribution in [1.82, 2.24) is 14.8 Å². The highest BCUT2D eigenvalue weighted by atomic mass is 16.5. The van der Waals surface area contributed by atoms with Crippen LogP contribution in [0, 0.1) is 6.92 Å². The van der Waals surface area contributed by atoms with Crippen LogP contribution in [0.2, 0.25) is 0 Å². The van der Waals surface area contributed by atoms with Gasteiger partial charge in [-0.1, -0.05) is 23.8 Å². The number of benzene rings is 2. The van der Waals surface area contributed by atoms with Crippen molar-refractivity contribution in [1.29, 1.82) is 0 Å². The van der Waals surface area contributed by atoms with Crippen LogP contribution in [0.3, 0.4) is 0 Å². The third kappa shape index (κ3) is 3.19. The Bertz CT molecular complexity index is 871. The molecule has 0 fully saturated rings. The Labute approximate surface area is 139 Å². The third-order valence-electron chi connectivity index (χ3n) is 3.45. The van der Waals surface area contributed by atoms with Crippen LogP contribution < -0.4 is 15.8 Å². The van der Waals surface area contributed by atoms with Crippen LogP contribution >= 0.6 is 0 Å². The fourth-order valence-corrected chi connectivity index (χ4v) is 2.17. The van der Waals surface area contributed by atoms with Gasteiger partial charge in [-0.25, -0.2) is 0 Å². The van der Waals surface area contributed by atoms with Gasteiger partial charge in [0.2, 0.25) is 11.9 Å².